The number of carbonyl (C=O) groups is 1. The maximum absolute atomic E-state index is 10.9. The zero-order valence-electron chi connectivity index (χ0n) is 10.00. The number of aryl methyl sites for hydroxylation is 2. The topological polar surface area (TPSA) is 72.5 Å². The van der Waals surface area contributed by atoms with Gasteiger partial charge in [0.2, 0.25) is 0 Å². The molecule has 0 aromatic heterocycles. The fraction of sp³-hybridized carbons (Fsp3) is 0.417. The lowest BCUT2D eigenvalue weighted by Gasteiger charge is -2.18. The second-order valence-corrected chi connectivity index (χ2v) is 3.90. The van der Waals surface area contributed by atoms with Crippen molar-refractivity contribution in [3.8, 4) is 5.75 Å². The smallest absolute Gasteiger partial charge is 0.325 e. The molecule has 16 heavy (non-hydrogen) atoms. The van der Waals surface area contributed by atoms with Gasteiger partial charge < -0.3 is 15.6 Å². The van der Waals surface area contributed by atoms with E-state index < -0.39 is 12.0 Å². The predicted molar refractivity (Wildman–Crippen MR) is 61.8 cm³/mol. The third kappa shape index (κ3) is 2.02. The van der Waals surface area contributed by atoms with E-state index >= 15 is 0 Å². The first kappa shape index (κ1) is 12.5. The van der Waals surface area contributed by atoms with E-state index in [0.29, 0.717) is 11.3 Å². The molecule has 1 aromatic rings. The van der Waals surface area contributed by atoms with Gasteiger partial charge in [-0.25, -0.2) is 0 Å². The molecule has 0 spiro atoms. The van der Waals surface area contributed by atoms with Crippen molar-refractivity contribution in [1.29, 1.82) is 0 Å². The second kappa shape index (κ2) is 4.53. The summed E-state index contributed by atoms with van der Waals surface area (Å²) in [5, 5.41) is 8.96. The largest absolute Gasteiger partial charge is 0.496 e. The molecule has 0 bridgehead atoms. The van der Waals surface area contributed by atoms with Crippen molar-refractivity contribution in [2.24, 2.45) is 5.73 Å². The summed E-state index contributed by atoms with van der Waals surface area (Å²) in [6.45, 7) is 5.69. The predicted octanol–water partition coefficient (Wildman–Crippen LogP) is 1.70. The van der Waals surface area contributed by atoms with Crippen LogP contribution >= 0.6 is 0 Å². The lowest BCUT2D eigenvalue weighted by atomic mass is 9.94. The standard InChI is InChI=1S/C12H17NO3/c1-6-5-7(2)9(10(13)12(14)15)11(16-4)8(6)3/h5,10H,13H2,1-4H3,(H,14,15). The third-order valence-corrected chi connectivity index (χ3v) is 2.82. The summed E-state index contributed by atoms with van der Waals surface area (Å²) >= 11 is 0. The van der Waals surface area contributed by atoms with Crippen molar-refractivity contribution in [2.75, 3.05) is 7.11 Å². The highest BCUT2D eigenvalue weighted by Crippen LogP contribution is 2.33. The number of carboxylic acids is 1. The molecule has 0 saturated heterocycles. The first-order valence-electron chi connectivity index (χ1n) is 5.03. The zero-order valence-corrected chi connectivity index (χ0v) is 10.00. The second-order valence-electron chi connectivity index (χ2n) is 3.90. The highest BCUT2D eigenvalue weighted by Gasteiger charge is 2.23. The molecular weight excluding hydrogens is 206 g/mol. The molecule has 0 radical (unpaired) electrons. The summed E-state index contributed by atoms with van der Waals surface area (Å²) < 4.78 is 5.27. The number of benzene rings is 1. The Balaban J connectivity index is 3.48. The van der Waals surface area contributed by atoms with Crippen molar-refractivity contribution in [3.05, 3.63) is 28.3 Å². The molecule has 0 aliphatic carbocycles. The normalized spacial score (nSPS) is 12.3. The van der Waals surface area contributed by atoms with Crippen LogP contribution in [-0.4, -0.2) is 18.2 Å². The molecular formula is C12H17NO3. The van der Waals surface area contributed by atoms with E-state index in [9.17, 15) is 4.79 Å². The molecule has 1 rings (SSSR count). The molecule has 88 valence electrons. The molecule has 4 nitrogen and oxygen atoms in total. The van der Waals surface area contributed by atoms with Crippen molar-refractivity contribution in [2.45, 2.75) is 26.8 Å². The minimum absolute atomic E-state index is 0.554. The molecule has 0 saturated carbocycles. The van der Waals surface area contributed by atoms with Gasteiger partial charge in [-0.1, -0.05) is 6.07 Å². The van der Waals surface area contributed by atoms with Crippen LogP contribution in [0.15, 0.2) is 6.07 Å². The van der Waals surface area contributed by atoms with Gasteiger partial charge in [-0.3, -0.25) is 4.79 Å². The summed E-state index contributed by atoms with van der Waals surface area (Å²) in [5.74, 6) is -0.475. The van der Waals surface area contributed by atoms with E-state index in [0.717, 1.165) is 16.7 Å². The minimum atomic E-state index is -1.05. The van der Waals surface area contributed by atoms with Crippen LogP contribution in [0.25, 0.3) is 0 Å². The van der Waals surface area contributed by atoms with Crippen LogP contribution in [0.2, 0.25) is 0 Å². The minimum Gasteiger partial charge on any atom is -0.496 e. The maximum atomic E-state index is 10.9. The molecule has 0 aliphatic heterocycles. The summed E-state index contributed by atoms with van der Waals surface area (Å²) in [6.07, 6.45) is 0. The summed E-state index contributed by atoms with van der Waals surface area (Å²) in [4.78, 5) is 10.9. The quantitative estimate of drug-likeness (QED) is 0.818. The molecule has 1 aromatic carbocycles. The van der Waals surface area contributed by atoms with Gasteiger partial charge in [0.15, 0.2) is 0 Å². The summed E-state index contributed by atoms with van der Waals surface area (Å²) in [5.41, 5.74) is 9.05. The van der Waals surface area contributed by atoms with Gasteiger partial charge >= 0.3 is 5.97 Å². The molecule has 3 N–H and O–H groups in total. The summed E-state index contributed by atoms with van der Waals surface area (Å²) in [6, 6.07) is 0.880. The zero-order chi connectivity index (χ0) is 12.5. The van der Waals surface area contributed by atoms with E-state index in [1.165, 1.54) is 7.11 Å². The number of methoxy groups -OCH3 is 1. The average molecular weight is 223 g/mol. The number of hydrogen-bond acceptors (Lipinski definition) is 3. The van der Waals surface area contributed by atoms with Gasteiger partial charge in [-0.15, -0.1) is 0 Å². The Morgan fingerprint density at radius 1 is 1.38 bits per heavy atom. The number of nitrogens with two attached hydrogens (primary N) is 1. The Morgan fingerprint density at radius 3 is 2.38 bits per heavy atom. The lowest BCUT2D eigenvalue weighted by Crippen LogP contribution is -2.22. The highest BCUT2D eigenvalue weighted by molar-refractivity contribution is 5.77. The van der Waals surface area contributed by atoms with Gasteiger partial charge in [0, 0.05) is 5.56 Å². The van der Waals surface area contributed by atoms with Gasteiger partial charge in [0.05, 0.1) is 7.11 Å². The molecule has 4 heteroatoms. The third-order valence-electron chi connectivity index (χ3n) is 2.82. The molecule has 0 aliphatic rings. The van der Waals surface area contributed by atoms with Gasteiger partial charge in [0.1, 0.15) is 11.8 Å². The van der Waals surface area contributed by atoms with Crippen LogP contribution in [0.3, 0.4) is 0 Å². The molecule has 0 fully saturated rings. The molecule has 1 atom stereocenters. The molecule has 0 heterocycles. The van der Waals surface area contributed by atoms with E-state index in [2.05, 4.69) is 0 Å². The number of rotatable bonds is 3. The van der Waals surface area contributed by atoms with Gasteiger partial charge in [-0.05, 0) is 37.5 Å². The Hall–Kier alpha value is -1.55. The molecule has 0 amide bonds. The van der Waals surface area contributed by atoms with E-state index in [1.54, 1.807) is 0 Å². The Morgan fingerprint density at radius 2 is 1.94 bits per heavy atom. The van der Waals surface area contributed by atoms with Crippen molar-refractivity contribution in [3.63, 3.8) is 0 Å². The highest BCUT2D eigenvalue weighted by atomic mass is 16.5. The molecule has 1 unspecified atom stereocenters. The SMILES string of the molecule is COc1c(C)c(C)cc(C)c1C(N)C(=O)O. The fourth-order valence-corrected chi connectivity index (χ4v) is 1.84. The van der Waals surface area contributed by atoms with Crippen LogP contribution in [0.5, 0.6) is 5.75 Å². The van der Waals surface area contributed by atoms with Gasteiger partial charge in [0.25, 0.3) is 0 Å². The first-order chi connectivity index (χ1) is 7.40. The lowest BCUT2D eigenvalue weighted by molar-refractivity contribution is -0.138. The van der Waals surface area contributed by atoms with Crippen molar-refractivity contribution < 1.29 is 14.6 Å². The number of carboxylic acid groups (broad SMARTS) is 1. The van der Waals surface area contributed by atoms with Crippen LogP contribution in [0, 0.1) is 20.8 Å². The number of hydrogen-bond donors (Lipinski definition) is 2. The number of ether oxygens (including phenoxy) is 1. The van der Waals surface area contributed by atoms with Crippen LogP contribution < -0.4 is 10.5 Å². The Bertz CT molecular complexity index is 427. The summed E-state index contributed by atoms with van der Waals surface area (Å²) in [7, 11) is 1.53. The monoisotopic (exact) mass is 223 g/mol. The van der Waals surface area contributed by atoms with Crippen molar-refractivity contribution in [1.82, 2.24) is 0 Å². The van der Waals surface area contributed by atoms with Gasteiger partial charge in [-0.2, -0.15) is 0 Å². The number of aliphatic carboxylic acids is 1. The average Bonchev–Trinajstić information content (AvgIpc) is 2.21. The van der Waals surface area contributed by atoms with Crippen LogP contribution in [-0.2, 0) is 4.79 Å². The van der Waals surface area contributed by atoms with E-state index in [-0.39, 0.29) is 0 Å². The van der Waals surface area contributed by atoms with Crippen molar-refractivity contribution >= 4 is 5.97 Å². The van der Waals surface area contributed by atoms with E-state index in [4.69, 9.17) is 15.6 Å². The van der Waals surface area contributed by atoms with E-state index in [1.807, 2.05) is 26.8 Å². The fourth-order valence-electron chi connectivity index (χ4n) is 1.84. The Kier molecular flexibility index (Phi) is 3.55. The maximum Gasteiger partial charge on any atom is 0.325 e. The Labute approximate surface area is 95.0 Å². The first-order valence-corrected chi connectivity index (χ1v) is 5.03. The van der Waals surface area contributed by atoms with Crippen LogP contribution in [0.1, 0.15) is 28.3 Å². The van der Waals surface area contributed by atoms with Crippen LogP contribution in [0.4, 0.5) is 0 Å².